The summed E-state index contributed by atoms with van der Waals surface area (Å²) in [6.45, 7) is 2.33. The van der Waals surface area contributed by atoms with Crippen molar-refractivity contribution in [2.45, 2.75) is 31.8 Å². The predicted molar refractivity (Wildman–Crippen MR) is 33.7 cm³/mol. The van der Waals surface area contributed by atoms with Crippen LogP contribution in [0.15, 0.2) is 0 Å². The van der Waals surface area contributed by atoms with Crippen LogP contribution < -0.4 is 0 Å². The third kappa shape index (κ3) is 0.455. The summed E-state index contributed by atoms with van der Waals surface area (Å²) in [5.41, 5.74) is 0. The van der Waals surface area contributed by atoms with Crippen molar-refractivity contribution in [2.24, 2.45) is 5.92 Å². The van der Waals surface area contributed by atoms with Crippen molar-refractivity contribution in [1.82, 2.24) is 4.90 Å². The zero-order chi connectivity index (χ0) is 5.72. The second-order valence-corrected chi connectivity index (χ2v) is 3.31. The van der Waals surface area contributed by atoms with E-state index in [-0.39, 0.29) is 0 Å². The van der Waals surface area contributed by atoms with Crippen LogP contribution >= 0.6 is 0 Å². The van der Waals surface area contributed by atoms with E-state index < -0.39 is 0 Å². The molecule has 0 amide bonds. The second-order valence-electron chi connectivity index (χ2n) is 3.31. The van der Waals surface area contributed by atoms with Crippen molar-refractivity contribution in [2.75, 3.05) is 7.05 Å². The maximum absolute atomic E-state index is 2.52. The smallest absolute Gasteiger partial charge is 0.0128 e. The van der Waals surface area contributed by atoms with Gasteiger partial charge in [0.1, 0.15) is 0 Å². The molecule has 1 aliphatic carbocycles. The van der Waals surface area contributed by atoms with Gasteiger partial charge in [-0.3, -0.25) is 0 Å². The van der Waals surface area contributed by atoms with E-state index in [0.717, 1.165) is 18.0 Å². The van der Waals surface area contributed by atoms with Crippen molar-refractivity contribution in [3.8, 4) is 0 Å². The van der Waals surface area contributed by atoms with Gasteiger partial charge in [0.05, 0.1) is 0 Å². The largest absolute Gasteiger partial charge is 0.300 e. The molecular formula is C7H13N. The van der Waals surface area contributed by atoms with Crippen molar-refractivity contribution in [1.29, 1.82) is 0 Å². The van der Waals surface area contributed by atoms with Crippen LogP contribution in [0.25, 0.3) is 0 Å². The SMILES string of the molecule is C[C@H]1CC2CC2N1C. The molecule has 3 atom stereocenters. The van der Waals surface area contributed by atoms with Crippen molar-refractivity contribution >= 4 is 0 Å². The number of nitrogens with zero attached hydrogens (tertiary/aromatic N) is 1. The maximum atomic E-state index is 2.52. The molecule has 1 nitrogen and oxygen atoms in total. The fourth-order valence-electron chi connectivity index (χ4n) is 1.92. The molecular weight excluding hydrogens is 98.1 g/mol. The molecule has 1 heteroatoms. The van der Waals surface area contributed by atoms with Crippen LogP contribution in [0.3, 0.4) is 0 Å². The van der Waals surface area contributed by atoms with E-state index in [1.54, 1.807) is 0 Å². The van der Waals surface area contributed by atoms with Crippen LogP contribution in [0.1, 0.15) is 19.8 Å². The Hall–Kier alpha value is -0.0400. The van der Waals surface area contributed by atoms with Crippen LogP contribution in [0, 0.1) is 5.92 Å². The molecule has 1 saturated carbocycles. The molecule has 2 aliphatic rings. The Bertz CT molecular complexity index is 109. The average Bonchev–Trinajstić information content (AvgIpc) is 2.39. The number of hydrogen-bond donors (Lipinski definition) is 0. The van der Waals surface area contributed by atoms with E-state index in [1.165, 1.54) is 12.8 Å². The third-order valence-electron chi connectivity index (χ3n) is 2.75. The number of likely N-dealkylation sites (tertiary alicyclic amines) is 1. The maximum Gasteiger partial charge on any atom is 0.0128 e. The van der Waals surface area contributed by atoms with Crippen LogP contribution in [0.2, 0.25) is 0 Å². The summed E-state index contributed by atoms with van der Waals surface area (Å²) in [7, 11) is 2.25. The minimum absolute atomic E-state index is 0.874. The molecule has 0 spiro atoms. The van der Waals surface area contributed by atoms with E-state index in [0.29, 0.717) is 0 Å². The minimum Gasteiger partial charge on any atom is -0.300 e. The zero-order valence-corrected chi connectivity index (χ0v) is 5.59. The summed E-state index contributed by atoms with van der Waals surface area (Å²) in [5.74, 6) is 1.09. The Morgan fingerprint density at radius 2 is 2.12 bits per heavy atom. The normalized spacial score (nSPS) is 54.0. The molecule has 0 bridgehead atoms. The monoisotopic (exact) mass is 111 g/mol. The molecule has 0 aromatic rings. The van der Waals surface area contributed by atoms with Crippen LogP contribution in [-0.4, -0.2) is 24.0 Å². The lowest BCUT2D eigenvalue weighted by molar-refractivity contribution is 0.286. The highest BCUT2D eigenvalue weighted by Crippen LogP contribution is 2.46. The highest BCUT2D eigenvalue weighted by molar-refractivity contribution is 5.02. The molecule has 1 saturated heterocycles. The first-order chi connectivity index (χ1) is 3.79. The molecule has 0 aromatic carbocycles. The molecule has 2 rings (SSSR count). The lowest BCUT2D eigenvalue weighted by Crippen LogP contribution is -2.25. The van der Waals surface area contributed by atoms with E-state index in [4.69, 9.17) is 0 Å². The topological polar surface area (TPSA) is 3.24 Å². The van der Waals surface area contributed by atoms with Gasteiger partial charge in [0.15, 0.2) is 0 Å². The molecule has 0 aromatic heterocycles. The van der Waals surface area contributed by atoms with Crippen molar-refractivity contribution in [3.05, 3.63) is 0 Å². The quantitative estimate of drug-likeness (QED) is 0.452. The molecule has 0 radical (unpaired) electrons. The summed E-state index contributed by atoms with van der Waals surface area (Å²) < 4.78 is 0. The van der Waals surface area contributed by atoms with Gasteiger partial charge in [-0.25, -0.2) is 0 Å². The van der Waals surface area contributed by atoms with Crippen LogP contribution in [-0.2, 0) is 0 Å². The fourth-order valence-corrected chi connectivity index (χ4v) is 1.92. The van der Waals surface area contributed by atoms with E-state index in [1.807, 2.05) is 0 Å². The average molecular weight is 111 g/mol. The standard InChI is InChI=1S/C7H13N/c1-5-3-6-4-7(6)8(5)2/h5-7H,3-4H2,1-2H3/t5-,6?,7?/m0/s1. The number of fused-ring (bicyclic) bond motifs is 1. The molecule has 2 fully saturated rings. The van der Waals surface area contributed by atoms with Gasteiger partial charge in [0, 0.05) is 12.1 Å². The van der Waals surface area contributed by atoms with Gasteiger partial charge >= 0.3 is 0 Å². The van der Waals surface area contributed by atoms with Gasteiger partial charge in [0.25, 0.3) is 0 Å². The molecule has 1 aliphatic heterocycles. The Labute approximate surface area is 50.7 Å². The molecule has 46 valence electrons. The van der Waals surface area contributed by atoms with E-state index in [9.17, 15) is 0 Å². The molecule has 0 N–H and O–H groups in total. The van der Waals surface area contributed by atoms with Gasteiger partial charge in [-0.05, 0) is 32.7 Å². The summed E-state index contributed by atoms with van der Waals surface area (Å²) >= 11 is 0. The van der Waals surface area contributed by atoms with Gasteiger partial charge in [-0.15, -0.1) is 0 Å². The summed E-state index contributed by atoms with van der Waals surface area (Å²) in [4.78, 5) is 2.52. The Morgan fingerprint density at radius 1 is 1.38 bits per heavy atom. The van der Waals surface area contributed by atoms with Crippen molar-refractivity contribution in [3.63, 3.8) is 0 Å². The first kappa shape index (κ1) is 4.80. The predicted octanol–water partition coefficient (Wildman–Crippen LogP) is 1.10. The van der Waals surface area contributed by atoms with Gasteiger partial charge in [-0.2, -0.15) is 0 Å². The zero-order valence-electron chi connectivity index (χ0n) is 5.59. The van der Waals surface area contributed by atoms with Gasteiger partial charge in [0.2, 0.25) is 0 Å². The molecule has 1 heterocycles. The molecule has 8 heavy (non-hydrogen) atoms. The lowest BCUT2D eigenvalue weighted by atomic mass is 10.2. The Kier molecular flexibility index (Phi) is 0.762. The van der Waals surface area contributed by atoms with E-state index >= 15 is 0 Å². The highest BCUT2D eigenvalue weighted by Gasteiger charge is 2.48. The van der Waals surface area contributed by atoms with Gasteiger partial charge in [-0.1, -0.05) is 0 Å². The first-order valence-electron chi connectivity index (χ1n) is 3.51. The Balaban J connectivity index is 2.08. The van der Waals surface area contributed by atoms with Crippen LogP contribution in [0.5, 0.6) is 0 Å². The molecule has 2 unspecified atom stereocenters. The second kappa shape index (κ2) is 1.27. The summed E-state index contributed by atoms with van der Waals surface area (Å²) in [5, 5.41) is 0. The minimum atomic E-state index is 0.874. The number of rotatable bonds is 0. The van der Waals surface area contributed by atoms with Crippen LogP contribution in [0.4, 0.5) is 0 Å². The highest BCUT2D eigenvalue weighted by atomic mass is 15.2. The third-order valence-corrected chi connectivity index (χ3v) is 2.75. The number of piperidine rings is 1. The Morgan fingerprint density at radius 3 is 2.38 bits per heavy atom. The first-order valence-corrected chi connectivity index (χ1v) is 3.51. The fraction of sp³-hybridized carbons (Fsp3) is 1.00. The van der Waals surface area contributed by atoms with E-state index in [2.05, 4.69) is 18.9 Å². The number of hydrogen-bond acceptors (Lipinski definition) is 1. The summed E-state index contributed by atoms with van der Waals surface area (Å²) in [6.07, 6.45) is 2.95. The van der Waals surface area contributed by atoms with Crippen molar-refractivity contribution < 1.29 is 0 Å². The van der Waals surface area contributed by atoms with Gasteiger partial charge < -0.3 is 4.90 Å². The summed E-state index contributed by atoms with van der Waals surface area (Å²) in [6, 6.07) is 1.86. The lowest BCUT2D eigenvalue weighted by Gasteiger charge is -2.17.